The van der Waals surface area contributed by atoms with Gasteiger partial charge in [0.15, 0.2) is 0 Å². The lowest BCUT2D eigenvalue weighted by Crippen LogP contribution is -2.40. The van der Waals surface area contributed by atoms with Crippen LogP contribution in [0.25, 0.3) is 0 Å². The average molecular weight is 304 g/mol. The molecule has 2 heterocycles. The number of halogens is 3. The van der Waals surface area contributed by atoms with Crippen LogP contribution in [-0.4, -0.2) is 49.4 Å². The fraction of sp³-hybridized carbons (Fsp3) is 0.692. The number of rotatable bonds is 6. The Morgan fingerprint density at radius 3 is 2.90 bits per heavy atom. The maximum Gasteiger partial charge on any atom is 0.433 e. The van der Waals surface area contributed by atoms with Crippen LogP contribution in [0, 0.1) is 0 Å². The highest BCUT2D eigenvalue weighted by Crippen LogP contribution is 2.28. The van der Waals surface area contributed by atoms with Gasteiger partial charge in [-0.3, -0.25) is 0 Å². The zero-order valence-corrected chi connectivity index (χ0v) is 11.9. The minimum Gasteiger partial charge on any atom is -0.383 e. The summed E-state index contributed by atoms with van der Waals surface area (Å²) in [6.45, 7) is 2.37. The molecule has 8 heteroatoms. The number of anilines is 1. The molecule has 0 bridgehead atoms. The van der Waals surface area contributed by atoms with Crippen LogP contribution in [0.3, 0.4) is 0 Å². The SMILES string of the molecule is COCCN(CC1CCCN1)c1nccc(C(F)(F)F)n1. The van der Waals surface area contributed by atoms with Crippen LogP contribution < -0.4 is 10.2 Å². The van der Waals surface area contributed by atoms with Gasteiger partial charge in [0.1, 0.15) is 5.69 Å². The molecule has 1 atom stereocenters. The van der Waals surface area contributed by atoms with E-state index in [4.69, 9.17) is 4.74 Å². The zero-order valence-electron chi connectivity index (χ0n) is 11.9. The van der Waals surface area contributed by atoms with Gasteiger partial charge >= 0.3 is 6.18 Å². The van der Waals surface area contributed by atoms with Gasteiger partial charge in [-0.1, -0.05) is 0 Å². The molecule has 0 amide bonds. The number of nitrogens with zero attached hydrogens (tertiary/aromatic N) is 3. The molecule has 2 rings (SSSR count). The Balaban J connectivity index is 2.14. The first-order valence-corrected chi connectivity index (χ1v) is 6.88. The number of aromatic nitrogens is 2. The molecule has 1 aliphatic rings. The summed E-state index contributed by atoms with van der Waals surface area (Å²) in [6, 6.07) is 1.13. The predicted octanol–water partition coefficient (Wildman–Crippen LogP) is 1.70. The highest BCUT2D eigenvalue weighted by atomic mass is 19.4. The van der Waals surface area contributed by atoms with Crippen LogP contribution >= 0.6 is 0 Å². The minimum atomic E-state index is -4.46. The molecule has 0 aliphatic carbocycles. The fourth-order valence-electron chi connectivity index (χ4n) is 2.31. The monoisotopic (exact) mass is 304 g/mol. The van der Waals surface area contributed by atoms with Crippen molar-refractivity contribution in [2.75, 3.05) is 38.3 Å². The highest BCUT2D eigenvalue weighted by Gasteiger charge is 2.33. The number of nitrogens with one attached hydrogen (secondary N) is 1. The van der Waals surface area contributed by atoms with Gasteiger partial charge in [0, 0.05) is 32.4 Å². The molecule has 0 saturated carbocycles. The van der Waals surface area contributed by atoms with Gasteiger partial charge in [-0.25, -0.2) is 9.97 Å². The number of hydrogen-bond donors (Lipinski definition) is 1. The standard InChI is InChI=1S/C13H19F3N4O/c1-21-8-7-20(9-10-3-2-5-17-10)12-18-6-4-11(19-12)13(14,15)16/h4,6,10,17H,2-3,5,7-9H2,1H3. The molecule has 21 heavy (non-hydrogen) atoms. The molecule has 5 nitrogen and oxygen atoms in total. The van der Waals surface area contributed by atoms with Gasteiger partial charge in [-0.2, -0.15) is 13.2 Å². The number of methoxy groups -OCH3 is 1. The second-order valence-electron chi connectivity index (χ2n) is 4.97. The first-order chi connectivity index (χ1) is 10.0. The molecule has 0 spiro atoms. The van der Waals surface area contributed by atoms with Crippen molar-refractivity contribution in [2.24, 2.45) is 0 Å². The molecule has 1 aromatic heterocycles. The summed E-state index contributed by atoms with van der Waals surface area (Å²) in [7, 11) is 1.55. The van der Waals surface area contributed by atoms with Crippen LogP contribution in [0.4, 0.5) is 19.1 Å². The van der Waals surface area contributed by atoms with Crippen molar-refractivity contribution in [3.05, 3.63) is 18.0 Å². The Labute approximate surface area is 121 Å². The van der Waals surface area contributed by atoms with Gasteiger partial charge < -0.3 is 15.0 Å². The molecular weight excluding hydrogens is 285 g/mol. The topological polar surface area (TPSA) is 50.3 Å². The normalized spacial score (nSPS) is 19.0. The van der Waals surface area contributed by atoms with E-state index in [1.54, 1.807) is 12.0 Å². The van der Waals surface area contributed by atoms with E-state index in [0.29, 0.717) is 19.7 Å². The van der Waals surface area contributed by atoms with E-state index in [1.807, 2.05) is 0 Å². The minimum absolute atomic E-state index is 0.0931. The van der Waals surface area contributed by atoms with E-state index in [2.05, 4.69) is 15.3 Å². The first kappa shape index (κ1) is 16.0. The molecule has 118 valence electrons. The van der Waals surface area contributed by atoms with Crippen molar-refractivity contribution in [1.82, 2.24) is 15.3 Å². The Kier molecular flexibility index (Phi) is 5.35. The average Bonchev–Trinajstić information content (AvgIpc) is 2.95. The third-order valence-electron chi connectivity index (χ3n) is 3.38. The molecular formula is C13H19F3N4O. The summed E-state index contributed by atoms with van der Waals surface area (Å²) in [6.07, 6.45) is -1.24. The summed E-state index contributed by atoms with van der Waals surface area (Å²) in [5.74, 6) is 0.0931. The molecule has 1 saturated heterocycles. The molecule has 1 unspecified atom stereocenters. The van der Waals surface area contributed by atoms with Gasteiger partial charge in [0.25, 0.3) is 0 Å². The maximum atomic E-state index is 12.7. The third-order valence-corrected chi connectivity index (χ3v) is 3.38. The Hall–Kier alpha value is -1.41. The van der Waals surface area contributed by atoms with E-state index in [-0.39, 0.29) is 12.0 Å². The summed E-state index contributed by atoms with van der Waals surface area (Å²) in [5, 5.41) is 3.32. The Bertz CT molecular complexity index is 449. The van der Waals surface area contributed by atoms with E-state index in [9.17, 15) is 13.2 Å². The van der Waals surface area contributed by atoms with Gasteiger partial charge in [-0.15, -0.1) is 0 Å². The zero-order chi connectivity index (χ0) is 15.3. The van der Waals surface area contributed by atoms with Gasteiger partial charge in [0.05, 0.1) is 6.61 Å². The molecule has 1 fully saturated rings. The molecule has 1 aliphatic heterocycles. The lowest BCUT2D eigenvalue weighted by atomic mass is 10.2. The van der Waals surface area contributed by atoms with Gasteiger partial charge in [0.2, 0.25) is 5.95 Å². The highest BCUT2D eigenvalue weighted by molar-refractivity contribution is 5.31. The predicted molar refractivity (Wildman–Crippen MR) is 72.1 cm³/mol. The van der Waals surface area contributed by atoms with Crippen LogP contribution in [0.1, 0.15) is 18.5 Å². The van der Waals surface area contributed by atoms with Crippen LogP contribution in [0.2, 0.25) is 0 Å². The van der Waals surface area contributed by atoms with Crippen molar-refractivity contribution < 1.29 is 17.9 Å². The summed E-state index contributed by atoms with van der Waals surface area (Å²) >= 11 is 0. The maximum absolute atomic E-state index is 12.7. The smallest absolute Gasteiger partial charge is 0.383 e. The first-order valence-electron chi connectivity index (χ1n) is 6.88. The fourth-order valence-corrected chi connectivity index (χ4v) is 2.31. The van der Waals surface area contributed by atoms with Crippen molar-refractivity contribution in [3.63, 3.8) is 0 Å². The van der Waals surface area contributed by atoms with Crippen LogP contribution in [-0.2, 0) is 10.9 Å². The summed E-state index contributed by atoms with van der Waals surface area (Å²) in [5.41, 5.74) is -0.922. The molecule has 1 aromatic rings. The second-order valence-corrected chi connectivity index (χ2v) is 4.97. The Morgan fingerprint density at radius 1 is 1.48 bits per heavy atom. The molecule has 1 N–H and O–H groups in total. The molecule has 0 aromatic carbocycles. The third kappa shape index (κ3) is 4.53. The van der Waals surface area contributed by atoms with Crippen LogP contribution in [0.5, 0.6) is 0 Å². The number of alkyl halides is 3. The summed E-state index contributed by atoms with van der Waals surface area (Å²) < 4.78 is 43.2. The van der Waals surface area contributed by atoms with E-state index < -0.39 is 11.9 Å². The van der Waals surface area contributed by atoms with Crippen molar-refractivity contribution in [1.29, 1.82) is 0 Å². The van der Waals surface area contributed by atoms with Crippen molar-refractivity contribution >= 4 is 5.95 Å². The van der Waals surface area contributed by atoms with E-state index >= 15 is 0 Å². The van der Waals surface area contributed by atoms with Crippen molar-refractivity contribution in [2.45, 2.75) is 25.1 Å². The quantitative estimate of drug-likeness (QED) is 0.867. The summed E-state index contributed by atoms with van der Waals surface area (Å²) in [4.78, 5) is 9.36. The lowest BCUT2D eigenvalue weighted by molar-refractivity contribution is -0.141. The van der Waals surface area contributed by atoms with Crippen LogP contribution in [0.15, 0.2) is 12.3 Å². The number of hydrogen-bond acceptors (Lipinski definition) is 5. The van der Waals surface area contributed by atoms with Gasteiger partial charge in [-0.05, 0) is 25.5 Å². The van der Waals surface area contributed by atoms with Crippen molar-refractivity contribution in [3.8, 4) is 0 Å². The number of ether oxygens (including phenoxy) is 1. The largest absolute Gasteiger partial charge is 0.433 e. The lowest BCUT2D eigenvalue weighted by Gasteiger charge is -2.26. The van der Waals surface area contributed by atoms with E-state index in [0.717, 1.165) is 31.6 Å². The Morgan fingerprint density at radius 2 is 2.29 bits per heavy atom. The molecule has 0 radical (unpaired) electrons. The second kappa shape index (κ2) is 7.04. The van der Waals surface area contributed by atoms with E-state index in [1.165, 1.54) is 0 Å².